The van der Waals surface area contributed by atoms with Crippen LogP contribution in [-0.2, 0) is 4.79 Å². The molecule has 1 amide bonds. The van der Waals surface area contributed by atoms with Crippen LogP contribution in [0.4, 0.5) is 30.2 Å². The molecule has 0 radical (unpaired) electrons. The average molecular weight is 422 g/mol. The second kappa shape index (κ2) is 7.27. The molecule has 3 rings (SSSR count). The van der Waals surface area contributed by atoms with E-state index in [1.54, 1.807) is 6.07 Å². The summed E-state index contributed by atoms with van der Waals surface area (Å²) in [5, 5.41) is 35.8. The van der Waals surface area contributed by atoms with E-state index in [2.05, 4.69) is 5.10 Å². The highest BCUT2D eigenvalue weighted by Crippen LogP contribution is 2.38. The Bertz CT molecular complexity index is 1130. The van der Waals surface area contributed by atoms with Crippen molar-refractivity contribution >= 4 is 34.8 Å². The van der Waals surface area contributed by atoms with E-state index in [1.165, 1.54) is 24.3 Å². The van der Waals surface area contributed by atoms with Gasteiger partial charge in [-0.1, -0.05) is 18.2 Å². The molecule has 0 saturated carbocycles. The van der Waals surface area contributed by atoms with Gasteiger partial charge >= 0.3 is 11.9 Å². The molecule has 30 heavy (non-hydrogen) atoms. The summed E-state index contributed by atoms with van der Waals surface area (Å²) in [5.74, 6) is -2.37. The summed E-state index contributed by atoms with van der Waals surface area (Å²) in [7, 11) is 0. The van der Waals surface area contributed by atoms with Gasteiger partial charge in [0.1, 0.15) is 0 Å². The molecule has 0 unspecified atom stereocenters. The highest BCUT2D eigenvalue weighted by Gasteiger charge is 2.47. The number of nitro benzene ring substituents is 2. The number of carbonyl (C=O) groups is 1. The summed E-state index contributed by atoms with van der Waals surface area (Å²) < 4.78 is 40.4. The highest BCUT2D eigenvalue weighted by atomic mass is 19.4. The largest absolute Gasteiger partial charge is 0.502 e. The monoisotopic (exact) mass is 422 g/mol. The molecule has 13 heteroatoms. The number of carbonyl (C=O) groups excluding carboxylic acids is 1. The van der Waals surface area contributed by atoms with Crippen molar-refractivity contribution in [2.45, 2.75) is 6.18 Å². The number of hydrogen-bond acceptors (Lipinski definition) is 7. The van der Waals surface area contributed by atoms with Crippen LogP contribution >= 0.6 is 0 Å². The normalized spacial score (nSPS) is 15.4. The number of alkyl halides is 3. The summed E-state index contributed by atoms with van der Waals surface area (Å²) in [6.45, 7) is 0. The van der Waals surface area contributed by atoms with E-state index < -0.39 is 55.9 Å². The van der Waals surface area contributed by atoms with Crippen LogP contribution in [0.5, 0.6) is 5.75 Å². The Labute approximate surface area is 164 Å². The van der Waals surface area contributed by atoms with Crippen molar-refractivity contribution in [2.75, 3.05) is 5.01 Å². The van der Waals surface area contributed by atoms with Crippen LogP contribution in [0.2, 0.25) is 0 Å². The van der Waals surface area contributed by atoms with Gasteiger partial charge in [-0.2, -0.15) is 23.3 Å². The Morgan fingerprint density at radius 1 is 1.07 bits per heavy atom. The maximum Gasteiger partial charge on any atom is 0.435 e. The second-order valence-electron chi connectivity index (χ2n) is 5.87. The lowest BCUT2D eigenvalue weighted by atomic mass is 10.0. The Balaban J connectivity index is 2.21. The van der Waals surface area contributed by atoms with Crippen LogP contribution in [0.15, 0.2) is 53.1 Å². The zero-order valence-electron chi connectivity index (χ0n) is 14.5. The number of phenols is 1. The molecule has 0 aromatic heterocycles. The van der Waals surface area contributed by atoms with Crippen LogP contribution in [-0.4, -0.2) is 32.7 Å². The van der Waals surface area contributed by atoms with Gasteiger partial charge in [-0.05, 0) is 18.2 Å². The number of hydrazone groups is 1. The van der Waals surface area contributed by atoms with Crippen molar-refractivity contribution in [3.8, 4) is 5.75 Å². The molecule has 0 aliphatic carbocycles. The number of non-ortho nitro benzene ring substituents is 1. The van der Waals surface area contributed by atoms with Crippen molar-refractivity contribution in [3.63, 3.8) is 0 Å². The summed E-state index contributed by atoms with van der Waals surface area (Å²) in [6, 6.07) is 8.20. The lowest BCUT2D eigenvalue weighted by Gasteiger charge is -2.11. The third kappa shape index (κ3) is 3.67. The maximum absolute atomic E-state index is 13.5. The van der Waals surface area contributed by atoms with E-state index >= 15 is 0 Å². The first-order valence-corrected chi connectivity index (χ1v) is 7.94. The second-order valence-corrected chi connectivity index (χ2v) is 5.87. The Morgan fingerprint density at radius 2 is 1.70 bits per heavy atom. The number of phenolic OH excluding ortho intramolecular Hbond substituents is 1. The number of anilines is 1. The van der Waals surface area contributed by atoms with E-state index in [0.29, 0.717) is 23.2 Å². The molecule has 1 aliphatic heterocycles. The molecule has 1 heterocycles. The molecule has 0 bridgehead atoms. The van der Waals surface area contributed by atoms with Crippen LogP contribution in [0.3, 0.4) is 0 Å². The lowest BCUT2D eigenvalue weighted by molar-refractivity contribution is -0.394. The standard InChI is InChI=1S/C17H9F3N4O6/c18-17(19,20)15-12(16(26)22(21-15)10-4-2-1-3-5-10)7-9-6-11(23(27)28)8-13(14(9)25)24(29)30/h1-8,25H/b12-7-. The van der Waals surface area contributed by atoms with Crippen molar-refractivity contribution in [1.29, 1.82) is 0 Å². The molecule has 0 saturated heterocycles. The van der Waals surface area contributed by atoms with Crippen LogP contribution in [0.1, 0.15) is 5.56 Å². The molecule has 2 aromatic rings. The number of benzene rings is 2. The van der Waals surface area contributed by atoms with Crippen molar-refractivity contribution in [1.82, 2.24) is 0 Å². The molecule has 10 nitrogen and oxygen atoms in total. The van der Waals surface area contributed by atoms with E-state index in [9.17, 15) is 43.3 Å². The number of aromatic hydroxyl groups is 1. The SMILES string of the molecule is O=C1/C(=C\c2cc([N+](=O)[O-])cc([N+](=O)[O-])c2O)C(C(F)(F)F)=NN1c1ccccc1. The molecule has 0 atom stereocenters. The van der Waals surface area contributed by atoms with Crippen LogP contribution < -0.4 is 5.01 Å². The Kier molecular flexibility index (Phi) is 4.95. The first-order valence-electron chi connectivity index (χ1n) is 7.94. The minimum atomic E-state index is -5.09. The topological polar surface area (TPSA) is 139 Å². The molecular formula is C17H9F3N4O6. The third-order valence-electron chi connectivity index (χ3n) is 3.96. The minimum Gasteiger partial charge on any atom is -0.502 e. The third-order valence-corrected chi connectivity index (χ3v) is 3.96. The van der Waals surface area contributed by atoms with Gasteiger partial charge in [0, 0.05) is 11.6 Å². The first kappa shape index (κ1) is 20.4. The predicted octanol–water partition coefficient (Wildman–Crippen LogP) is 3.56. The van der Waals surface area contributed by atoms with Crippen LogP contribution in [0.25, 0.3) is 6.08 Å². The summed E-state index contributed by atoms with van der Waals surface area (Å²) >= 11 is 0. The van der Waals surface area contributed by atoms with Gasteiger partial charge in [0.15, 0.2) is 5.71 Å². The zero-order valence-corrected chi connectivity index (χ0v) is 14.5. The molecule has 2 aromatic carbocycles. The summed E-state index contributed by atoms with van der Waals surface area (Å²) in [6.07, 6.45) is -4.61. The van der Waals surface area contributed by atoms with Gasteiger partial charge < -0.3 is 5.11 Å². The van der Waals surface area contributed by atoms with Gasteiger partial charge in [-0.15, -0.1) is 0 Å². The molecule has 154 valence electrons. The lowest BCUT2D eigenvalue weighted by Crippen LogP contribution is -2.25. The zero-order chi connectivity index (χ0) is 22.2. The Morgan fingerprint density at radius 3 is 2.23 bits per heavy atom. The quantitative estimate of drug-likeness (QED) is 0.454. The summed E-state index contributed by atoms with van der Waals surface area (Å²) in [4.78, 5) is 32.5. The fraction of sp³-hybridized carbons (Fsp3) is 0.0588. The van der Waals surface area contributed by atoms with Crippen LogP contribution in [0, 0.1) is 20.2 Å². The van der Waals surface area contributed by atoms with Gasteiger partial charge in [0.25, 0.3) is 11.6 Å². The van der Waals surface area contributed by atoms with Gasteiger partial charge in [-0.3, -0.25) is 25.0 Å². The average Bonchev–Trinajstić information content (AvgIpc) is 3.00. The first-order chi connectivity index (χ1) is 14.0. The summed E-state index contributed by atoms with van der Waals surface area (Å²) in [5.41, 5.74) is -5.33. The van der Waals surface area contributed by atoms with Gasteiger partial charge in [-0.25, -0.2) is 0 Å². The molecule has 1 aliphatic rings. The van der Waals surface area contributed by atoms with Crippen molar-refractivity contribution < 1.29 is 32.9 Å². The number of nitro groups is 2. The smallest absolute Gasteiger partial charge is 0.435 e. The predicted molar refractivity (Wildman–Crippen MR) is 96.8 cm³/mol. The minimum absolute atomic E-state index is 0.0156. The van der Waals surface area contributed by atoms with Gasteiger partial charge in [0.05, 0.1) is 27.2 Å². The Hall–Kier alpha value is -4.29. The molecular weight excluding hydrogens is 413 g/mol. The number of rotatable bonds is 4. The van der Waals surface area contributed by atoms with E-state index in [0.717, 1.165) is 0 Å². The van der Waals surface area contributed by atoms with E-state index in [-0.39, 0.29) is 5.69 Å². The van der Waals surface area contributed by atoms with Crippen molar-refractivity contribution in [3.05, 3.63) is 73.8 Å². The molecule has 0 fully saturated rings. The fourth-order valence-electron chi connectivity index (χ4n) is 2.63. The van der Waals surface area contributed by atoms with Gasteiger partial charge in [0.2, 0.25) is 5.75 Å². The molecule has 0 spiro atoms. The number of para-hydroxylation sites is 1. The van der Waals surface area contributed by atoms with E-state index in [1.807, 2.05) is 0 Å². The number of halogens is 3. The number of amides is 1. The molecule has 1 N–H and O–H groups in total. The maximum atomic E-state index is 13.5. The van der Waals surface area contributed by atoms with Crippen molar-refractivity contribution in [2.24, 2.45) is 5.10 Å². The number of hydrogen-bond donors (Lipinski definition) is 1. The van der Waals surface area contributed by atoms with E-state index in [4.69, 9.17) is 0 Å². The fourth-order valence-corrected chi connectivity index (χ4v) is 2.63. The number of nitrogens with zero attached hydrogens (tertiary/aromatic N) is 4. The highest BCUT2D eigenvalue weighted by molar-refractivity contribution is 6.34.